The van der Waals surface area contributed by atoms with E-state index < -0.39 is 12.8 Å². The molecule has 2 rings (SSSR count). The first-order valence-corrected chi connectivity index (χ1v) is 6.86. The van der Waals surface area contributed by atoms with E-state index in [-0.39, 0.29) is 11.5 Å². The number of guanidine groups is 1. The molecule has 0 aromatic heterocycles. The maximum Gasteiger partial charge on any atom is 0.422 e. The predicted octanol–water partition coefficient (Wildman–Crippen LogP) is 2.08. The van der Waals surface area contributed by atoms with Gasteiger partial charge in [-0.3, -0.25) is 4.99 Å². The molecule has 0 bridgehead atoms. The maximum atomic E-state index is 12.2. The van der Waals surface area contributed by atoms with Crippen molar-refractivity contribution in [3.05, 3.63) is 23.8 Å². The standard InChI is InChI=1S/C14H18F3N3O2/c1-21-12-7-10(8-20-13-18-5-2-6-19-13)3-4-11(12)22-9-14(15,16)17/h3-4,7H,2,5-6,8-9H2,1H3,(H2,18,19,20). The number of hydrogen-bond donors (Lipinski definition) is 2. The molecule has 0 unspecified atom stereocenters. The largest absolute Gasteiger partial charge is 0.493 e. The lowest BCUT2D eigenvalue weighted by molar-refractivity contribution is -0.153. The Kier molecular flexibility index (Phi) is 5.35. The van der Waals surface area contributed by atoms with E-state index in [2.05, 4.69) is 15.6 Å². The third-order valence-electron chi connectivity index (χ3n) is 2.98. The molecule has 0 aliphatic carbocycles. The number of rotatable bonds is 5. The summed E-state index contributed by atoms with van der Waals surface area (Å²) in [7, 11) is 1.39. The lowest BCUT2D eigenvalue weighted by atomic mass is 10.2. The van der Waals surface area contributed by atoms with Gasteiger partial charge in [0.15, 0.2) is 24.1 Å². The molecular formula is C14H18F3N3O2. The zero-order valence-corrected chi connectivity index (χ0v) is 12.2. The highest BCUT2D eigenvalue weighted by molar-refractivity contribution is 5.80. The Balaban J connectivity index is 1.97. The van der Waals surface area contributed by atoms with Gasteiger partial charge in [-0.1, -0.05) is 6.07 Å². The second-order valence-corrected chi connectivity index (χ2v) is 4.75. The van der Waals surface area contributed by atoms with Gasteiger partial charge in [0.1, 0.15) is 0 Å². The van der Waals surface area contributed by atoms with Crippen LogP contribution in [0.5, 0.6) is 11.5 Å². The van der Waals surface area contributed by atoms with Gasteiger partial charge in [-0.2, -0.15) is 13.2 Å². The normalized spacial score (nSPS) is 14.8. The van der Waals surface area contributed by atoms with E-state index in [1.165, 1.54) is 13.2 Å². The predicted molar refractivity (Wildman–Crippen MR) is 76.3 cm³/mol. The van der Waals surface area contributed by atoms with Crippen LogP contribution in [-0.2, 0) is 6.54 Å². The van der Waals surface area contributed by atoms with Crippen LogP contribution in [0.2, 0.25) is 0 Å². The molecule has 1 aliphatic rings. The minimum absolute atomic E-state index is 0.0664. The van der Waals surface area contributed by atoms with Gasteiger partial charge in [-0.25, -0.2) is 0 Å². The minimum atomic E-state index is -4.38. The number of hydrogen-bond acceptors (Lipinski definition) is 5. The van der Waals surface area contributed by atoms with Gasteiger partial charge in [0.25, 0.3) is 0 Å². The van der Waals surface area contributed by atoms with E-state index in [0.717, 1.165) is 31.0 Å². The molecule has 0 atom stereocenters. The monoisotopic (exact) mass is 317 g/mol. The molecule has 0 saturated carbocycles. The van der Waals surface area contributed by atoms with Crippen LogP contribution in [-0.4, -0.2) is 38.9 Å². The fourth-order valence-electron chi connectivity index (χ4n) is 1.94. The van der Waals surface area contributed by atoms with E-state index in [1.807, 2.05) is 0 Å². The Labute approximate surface area is 126 Å². The van der Waals surface area contributed by atoms with Gasteiger partial charge in [0.2, 0.25) is 0 Å². The molecule has 122 valence electrons. The van der Waals surface area contributed by atoms with Crippen LogP contribution >= 0.6 is 0 Å². The summed E-state index contributed by atoms with van der Waals surface area (Å²) in [6, 6.07) is 4.80. The summed E-state index contributed by atoms with van der Waals surface area (Å²) in [5, 5.41) is 6.25. The van der Waals surface area contributed by atoms with Crippen LogP contribution < -0.4 is 20.1 Å². The van der Waals surface area contributed by atoms with Gasteiger partial charge in [-0.15, -0.1) is 0 Å². The fourth-order valence-corrected chi connectivity index (χ4v) is 1.94. The van der Waals surface area contributed by atoms with Crippen molar-refractivity contribution >= 4 is 5.96 Å². The Morgan fingerprint density at radius 1 is 1.32 bits per heavy atom. The summed E-state index contributed by atoms with van der Waals surface area (Å²) in [4.78, 5) is 4.27. The van der Waals surface area contributed by atoms with Crippen molar-refractivity contribution in [2.45, 2.75) is 19.1 Å². The molecule has 0 saturated heterocycles. The number of benzene rings is 1. The highest BCUT2D eigenvalue weighted by Gasteiger charge is 2.29. The van der Waals surface area contributed by atoms with Gasteiger partial charge < -0.3 is 20.1 Å². The molecule has 0 fully saturated rings. The third-order valence-corrected chi connectivity index (χ3v) is 2.98. The molecule has 0 radical (unpaired) electrons. The second kappa shape index (κ2) is 7.24. The Morgan fingerprint density at radius 2 is 2.14 bits per heavy atom. The number of halogens is 3. The summed E-state index contributed by atoms with van der Waals surface area (Å²) in [5.74, 6) is 1.06. The van der Waals surface area contributed by atoms with Crippen LogP contribution in [0, 0.1) is 0 Å². The van der Waals surface area contributed by atoms with Crippen molar-refractivity contribution in [1.82, 2.24) is 10.6 Å². The van der Waals surface area contributed by atoms with Gasteiger partial charge in [0, 0.05) is 19.6 Å². The zero-order chi connectivity index (χ0) is 16.0. The average Bonchev–Trinajstić information content (AvgIpc) is 2.51. The van der Waals surface area contributed by atoms with Crippen molar-refractivity contribution in [2.24, 2.45) is 4.99 Å². The second-order valence-electron chi connectivity index (χ2n) is 4.75. The molecule has 5 nitrogen and oxygen atoms in total. The quantitative estimate of drug-likeness (QED) is 0.873. The lowest BCUT2D eigenvalue weighted by Gasteiger charge is -2.17. The summed E-state index contributed by atoms with van der Waals surface area (Å²) in [5.41, 5.74) is 0.853. The summed E-state index contributed by atoms with van der Waals surface area (Å²) in [6.45, 7) is 0.797. The SMILES string of the molecule is COc1cc(CNC2=NCCCN2)ccc1OCC(F)(F)F. The Hall–Kier alpha value is -2.12. The maximum absolute atomic E-state index is 12.2. The van der Waals surface area contributed by atoms with Crippen molar-refractivity contribution in [3.63, 3.8) is 0 Å². The number of alkyl halides is 3. The molecule has 0 spiro atoms. The summed E-state index contributed by atoms with van der Waals surface area (Å²) >= 11 is 0. The first kappa shape index (κ1) is 16.3. The van der Waals surface area contributed by atoms with Gasteiger partial charge >= 0.3 is 6.18 Å². The Morgan fingerprint density at radius 3 is 2.77 bits per heavy atom. The van der Waals surface area contributed by atoms with E-state index in [4.69, 9.17) is 9.47 Å². The molecule has 8 heteroatoms. The van der Waals surface area contributed by atoms with Crippen LogP contribution in [0.1, 0.15) is 12.0 Å². The lowest BCUT2D eigenvalue weighted by Crippen LogP contribution is -2.40. The summed E-state index contributed by atoms with van der Waals surface area (Å²) < 4.78 is 46.4. The highest BCUT2D eigenvalue weighted by Crippen LogP contribution is 2.29. The van der Waals surface area contributed by atoms with Crippen LogP contribution in [0.3, 0.4) is 0 Å². The Bertz CT molecular complexity index is 533. The van der Waals surface area contributed by atoms with Crippen molar-refractivity contribution in [2.75, 3.05) is 26.8 Å². The third kappa shape index (κ3) is 5.01. The van der Waals surface area contributed by atoms with Crippen molar-refractivity contribution in [3.8, 4) is 11.5 Å². The van der Waals surface area contributed by atoms with Gasteiger partial charge in [0.05, 0.1) is 7.11 Å². The van der Waals surface area contributed by atoms with E-state index in [0.29, 0.717) is 6.54 Å². The minimum Gasteiger partial charge on any atom is -0.493 e. The first-order chi connectivity index (χ1) is 10.5. The molecule has 1 aromatic carbocycles. The van der Waals surface area contributed by atoms with Crippen LogP contribution in [0.15, 0.2) is 23.2 Å². The molecular weight excluding hydrogens is 299 g/mol. The molecule has 22 heavy (non-hydrogen) atoms. The highest BCUT2D eigenvalue weighted by atomic mass is 19.4. The zero-order valence-electron chi connectivity index (χ0n) is 12.2. The number of nitrogens with one attached hydrogen (secondary N) is 2. The van der Waals surface area contributed by atoms with Gasteiger partial charge in [-0.05, 0) is 24.1 Å². The van der Waals surface area contributed by atoms with E-state index in [9.17, 15) is 13.2 Å². The van der Waals surface area contributed by atoms with E-state index >= 15 is 0 Å². The van der Waals surface area contributed by atoms with Crippen LogP contribution in [0.25, 0.3) is 0 Å². The molecule has 2 N–H and O–H groups in total. The number of nitrogens with zero attached hydrogens (tertiary/aromatic N) is 1. The van der Waals surface area contributed by atoms with Crippen LogP contribution in [0.4, 0.5) is 13.2 Å². The van der Waals surface area contributed by atoms with E-state index in [1.54, 1.807) is 12.1 Å². The smallest absolute Gasteiger partial charge is 0.422 e. The molecule has 1 aliphatic heterocycles. The number of aliphatic imine (C=N–C) groups is 1. The number of ether oxygens (including phenoxy) is 2. The van der Waals surface area contributed by atoms with Crippen molar-refractivity contribution < 1.29 is 22.6 Å². The topological polar surface area (TPSA) is 54.9 Å². The molecule has 1 heterocycles. The number of methoxy groups -OCH3 is 1. The summed E-state index contributed by atoms with van der Waals surface area (Å²) in [6.07, 6.45) is -3.37. The fraction of sp³-hybridized carbons (Fsp3) is 0.500. The molecule has 1 aromatic rings. The molecule has 0 amide bonds. The average molecular weight is 317 g/mol. The first-order valence-electron chi connectivity index (χ1n) is 6.86. The van der Waals surface area contributed by atoms with Crippen molar-refractivity contribution in [1.29, 1.82) is 0 Å².